The summed E-state index contributed by atoms with van der Waals surface area (Å²) < 4.78 is 8.14. The van der Waals surface area contributed by atoms with Crippen molar-refractivity contribution < 1.29 is 9.53 Å². The summed E-state index contributed by atoms with van der Waals surface area (Å²) in [5.41, 5.74) is 3.51. The minimum absolute atomic E-state index is 0.0346. The minimum Gasteiger partial charge on any atom is -0.480 e. The van der Waals surface area contributed by atoms with Crippen LogP contribution in [0.4, 0.5) is 0 Å². The van der Waals surface area contributed by atoms with Gasteiger partial charge in [0.05, 0.1) is 18.4 Å². The summed E-state index contributed by atoms with van der Waals surface area (Å²) in [4.78, 5) is 16.9. The fourth-order valence-corrected chi connectivity index (χ4v) is 3.61. The first-order valence-corrected chi connectivity index (χ1v) is 8.78. The molecule has 2 aliphatic heterocycles. The largest absolute Gasteiger partial charge is 0.480 e. The van der Waals surface area contributed by atoms with Gasteiger partial charge in [-0.25, -0.2) is 4.98 Å². The number of carbonyl (C=O) groups excluding carboxylic acids is 1. The topological polar surface area (TPSA) is 56.2 Å². The monoisotopic (exact) mass is 325 g/mol. The number of rotatable bonds is 3. The molecule has 1 aromatic carbocycles. The van der Waals surface area contributed by atoms with Crippen molar-refractivity contribution in [3.63, 3.8) is 0 Å². The average Bonchev–Trinajstić information content (AvgIpc) is 3.02. The highest BCUT2D eigenvalue weighted by molar-refractivity contribution is 5.81. The summed E-state index contributed by atoms with van der Waals surface area (Å²) in [6, 6.07) is 6.14. The first-order valence-electron chi connectivity index (χ1n) is 8.78. The Morgan fingerprint density at radius 3 is 3.21 bits per heavy atom. The second-order valence-corrected chi connectivity index (χ2v) is 6.75. The number of fused-ring (bicyclic) bond motifs is 2. The lowest BCUT2D eigenvalue weighted by Crippen LogP contribution is -2.40. The number of aromatic nitrogens is 2. The Kier molecular flexibility index (Phi) is 4.00. The second-order valence-electron chi connectivity index (χ2n) is 6.75. The van der Waals surface area contributed by atoms with Crippen molar-refractivity contribution in [3.8, 4) is 5.75 Å². The van der Waals surface area contributed by atoms with Gasteiger partial charge in [-0.1, -0.05) is 17.7 Å². The molecular formula is C19H23N3O2. The zero-order valence-corrected chi connectivity index (χ0v) is 14.0. The highest BCUT2D eigenvalue weighted by Crippen LogP contribution is 2.28. The Labute approximate surface area is 142 Å². The fourth-order valence-electron chi connectivity index (χ4n) is 3.61. The third-order valence-electron chi connectivity index (χ3n) is 4.95. The Hall–Kier alpha value is -2.30. The van der Waals surface area contributed by atoms with Gasteiger partial charge in [-0.15, -0.1) is 0 Å². The Bertz CT molecular complexity index is 766. The highest BCUT2D eigenvalue weighted by Gasteiger charge is 2.26. The van der Waals surface area contributed by atoms with Crippen LogP contribution in [-0.2, 0) is 30.7 Å². The van der Waals surface area contributed by atoms with Crippen LogP contribution >= 0.6 is 0 Å². The smallest absolute Gasteiger partial charge is 0.261 e. The van der Waals surface area contributed by atoms with Crippen LogP contribution in [0.5, 0.6) is 5.75 Å². The lowest BCUT2D eigenvalue weighted by atomic mass is 10.00. The van der Waals surface area contributed by atoms with Gasteiger partial charge >= 0.3 is 0 Å². The van der Waals surface area contributed by atoms with Crippen LogP contribution in [0.15, 0.2) is 24.4 Å². The van der Waals surface area contributed by atoms with Crippen LogP contribution in [-0.4, -0.2) is 21.6 Å². The molecule has 1 aromatic heterocycles. The molecule has 3 heterocycles. The molecule has 1 unspecified atom stereocenters. The summed E-state index contributed by atoms with van der Waals surface area (Å²) in [5, 5.41) is 3.02. The van der Waals surface area contributed by atoms with E-state index < -0.39 is 6.10 Å². The van der Waals surface area contributed by atoms with E-state index in [1.807, 2.05) is 18.3 Å². The molecule has 0 bridgehead atoms. The Morgan fingerprint density at radius 2 is 2.29 bits per heavy atom. The van der Waals surface area contributed by atoms with Gasteiger partial charge in [0.1, 0.15) is 11.6 Å². The number of ether oxygens (including phenoxy) is 1. The summed E-state index contributed by atoms with van der Waals surface area (Å²) in [6.07, 6.45) is 6.54. The van der Waals surface area contributed by atoms with E-state index in [0.717, 1.165) is 43.1 Å². The van der Waals surface area contributed by atoms with Gasteiger partial charge in [-0.3, -0.25) is 4.79 Å². The Balaban J connectivity index is 1.39. The first kappa shape index (κ1) is 15.2. The van der Waals surface area contributed by atoms with E-state index in [1.54, 1.807) is 0 Å². The van der Waals surface area contributed by atoms with Crippen molar-refractivity contribution in [2.24, 2.45) is 0 Å². The molecule has 5 nitrogen and oxygen atoms in total. The van der Waals surface area contributed by atoms with Crippen molar-refractivity contribution in [2.45, 2.75) is 58.2 Å². The molecule has 2 aliphatic rings. The van der Waals surface area contributed by atoms with Gasteiger partial charge in [0.2, 0.25) is 0 Å². The standard InChI is InChI=1S/C19H23N3O2/c1-13-5-7-16-14(10-13)6-8-17(24-16)19(23)21-12-15-11-20-18-4-2-3-9-22(15)18/h5,7,10-11,17H,2-4,6,8-9,12H2,1H3,(H,21,23). The fraction of sp³-hybridized carbons (Fsp3) is 0.474. The van der Waals surface area contributed by atoms with Crippen LogP contribution in [0, 0.1) is 6.92 Å². The average molecular weight is 325 g/mol. The molecule has 0 radical (unpaired) electrons. The van der Waals surface area contributed by atoms with E-state index in [-0.39, 0.29) is 5.91 Å². The van der Waals surface area contributed by atoms with Crippen LogP contribution in [0.25, 0.3) is 0 Å². The van der Waals surface area contributed by atoms with Crippen LogP contribution in [0.2, 0.25) is 0 Å². The molecule has 126 valence electrons. The zero-order valence-electron chi connectivity index (χ0n) is 14.0. The SMILES string of the molecule is Cc1ccc2c(c1)CCC(C(=O)NCc1cnc3n1CCCC3)O2. The third kappa shape index (κ3) is 2.90. The van der Waals surface area contributed by atoms with Crippen molar-refractivity contribution in [1.82, 2.24) is 14.9 Å². The minimum atomic E-state index is -0.399. The first-order chi connectivity index (χ1) is 11.7. The van der Waals surface area contributed by atoms with Gasteiger partial charge in [0.25, 0.3) is 5.91 Å². The summed E-state index contributed by atoms with van der Waals surface area (Å²) in [7, 11) is 0. The maximum Gasteiger partial charge on any atom is 0.261 e. The number of aryl methyl sites for hydroxylation is 3. The number of hydrogen-bond donors (Lipinski definition) is 1. The molecule has 0 aliphatic carbocycles. The molecule has 5 heteroatoms. The highest BCUT2D eigenvalue weighted by atomic mass is 16.5. The van der Waals surface area contributed by atoms with Gasteiger partial charge in [0.15, 0.2) is 6.10 Å². The maximum atomic E-state index is 12.5. The lowest BCUT2D eigenvalue weighted by Gasteiger charge is -2.25. The molecule has 0 spiro atoms. The van der Waals surface area contributed by atoms with Gasteiger partial charge in [-0.05, 0) is 44.2 Å². The molecule has 1 N–H and O–H groups in total. The third-order valence-corrected chi connectivity index (χ3v) is 4.95. The molecule has 0 saturated carbocycles. The Morgan fingerprint density at radius 1 is 1.38 bits per heavy atom. The van der Waals surface area contributed by atoms with Crippen molar-refractivity contribution in [1.29, 1.82) is 0 Å². The molecular weight excluding hydrogens is 302 g/mol. The predicted octanol–water partition coefficient (Wildman–Crippen LogP) is 2.54. The molecule has 1 atom stereocenters. The molecule has 4 rings (SSSR count). The molecule has 0 fully saturated rings. The number of imidazole rings is 1. The zero-order chi connectivity index (χ0) is 16.5. The summed E-state index contributed by atoms with van der Waals surface area (Å²) in [5.74, 6) is 1.95. The van der Waals surface area contributed by atoms with E-state index in [9.17, 15) is 4.79 Å². The molecule has 24 heavy (non-hydrogen) atoms. The maximum absolute atomic E-state index is 12.5. The molecule has 2 aromatic rings. The number of amides is 1. The van der Waals surface area contributed by atoms with E-state index in [1.165, 1.54) is 24.0 Å². The second kappa shape index (κ2) is 6.30. The van der Waals surface area contributed by atoms with Crippen molar-refractivity contribution >= 4 is 5.91 Å². The normalized spacial score (nSPS) is 19.1. The van der Waals surface area contributed by atoms with Gasteiger partial charge in [0, 0.05) is 13.0 Å². The van der Waals surface area contributed by atoms with Gasteiger partial charge < -0.3 is 14.6 Å². The summed E-state index contributed by atoms with van der Waals surface area (Å²) >= 11 is 0. The lowest BCUT2D eigenvalue weighted by molar-refractivity contribution is -0.128. The van der Waals surface area contributed by atoms with E-state index in [4.69, 9.17) is 4.74 Å². The van der Waals surface area contributed by atoms with Crippen LogP contribution < -0.4 is 10.1 Å². The number of nitrogens with one attached hydrogen (secondary N) is 1. The molecule has 0 saturated heterocycles. The van der Waals surface area contributed by atoms with E-state index >= 15 is 0 Å². The predicted molar refractivity (Wildman–Crippen MR) is 90.9 cm³/mol. The number of hydrogen-bond acceptors (Lipinski definition) is 3. The number of carbonyl (C=O) groups is 1. The number of benzene rings is 1. The van der Waals surface area contributed by atoms with Crippen molar-refractivity contribution in [3.05, 3.63) is 47.0 Å². The van der Waals surface area contributed by atoms with Gasteiger partial charge in [-0.2, -0.15) is 0 Å². The van der Waals surface area contributed by atoms with Crippen LogP contribution in [0.3, 0.4) is 0 Å². The summed E-state index contributed by atoms with van der Waals surface area (Å²) in [6.45, 7) is 3.60. The van der Waals surface area contributed by atoms with Crippen LogP contribution in [0.1, 0.15) is 41.9 Å². The number of nitrogens with zero attached hydrogens (tertiary/aromatic N) is 2. The van der Waals surface area contributed by atoms with E-state index in [2.05, 4.69) is 27.9 Å². The molecule has 1 amide bonds. The van der Waals surface area contributed by atoms with E-state index in [0.29, 0.717) is 6.54 Å². The quantitative estimate of drug-likeness (QED) is 0.943. The van der Waals surface area contributed by atoms with Crippen molar-refractivity contribution in [2.75, 3.05) is 0 Å².